The first kappa shape index (κ1) is 36.2. The van der Waals surface area contributed by atoms with Crippen LogP contribution in [0.15, 0.2) is 67.8 Å². The summed E-state index contributed by atoms with van der Waals surface area (Å²) < 4.78 is 4.86. The molecular weight excluding hydrogens is 690 g/mol. The first-order valence-electron chi connectivity index (χ1n) is 17.0. The lowest BCUT2D eigenvalue weighted by atomic mass is 9.70. The van der Waals surface area contributed by atoms with E-state index in [1.54, 1.807) is 38.6 Å². The number of benzene rings is 2. The van der Waals surface area contributed by atoms with E-state index in [1.807, 2.05) is 63.2 Å². The van der Waals surface area contributed by atoms with Gasteiger partial charge in [0.15, 0.2) is 0 Å². The van der Waals surface area contributed by atoms with Crippen molar-refractivity contribution >= 4 is 56.8 Å². The molecule has 0 radical (unpaired) electrons. The molecule has 2 bridgehead atoms. The fourth-order valence-electron chi connectivity index (χ4n) is 8.00. The number of hydrogen-bond acceptors (Lipinski definition) is 6. The molecule has 2 aromatic rings. The fraction of sp³-hybridized carbons (Fsp3) is 0.500. The number of anilines is 2. The predicted molar refractivity (Wildman–Crippen MR) is 198 cm³/mol. The van der Waals surface area contributed by atoms with Crippen LogP contribution in [0.5, 0.6) is 5.75 Å². The average molecular weight is 739 g/mol. The van der Waals surface area contributed by atoms with Gasteiger partial charge in [-0.15, -0.1) is 24.9 Å². The summed E-state index contributed by atoms with van der Waals surface area (Å²) in [4.78, 5) is 49.8. The Morgan fingerprint density at radius 3 is 2.29 bits per heavy atom. The van der Waals surface area contributed by atoms with Crippen LogP contribution in [0.3, 0.4) is 0 Å². The normalized spacial score (nSPS) is 25.6. The van der Waals surface area contributed by atoms with E-state index in [1.165, 1.54) is 0 Å². The Kier molecular flexibility index (Phi) is 11.8. The smallest absolute Gasteiger partial charge is 0.251 e. The molecule has 6 atom stereocenters. The minimum absolute atomic E-state index is 0.0423. The van der Waals surface area contributed by atoms with Crippen molar-refractivity contribution < 1.29 is 24.2 Å². The number of para-hydroxylation sites is 1. The number of amides is 3. The summed E-state index contributed by atoms with van der Waals surface area (Å²) >= 11 is 5.57. The lowest BCUT2D eigenvalue weighted by Crippen LogP contribution is -2.56. The molecule has 1 N–H and O–H groups in total. The van der Waals surface area contributed by atoms with E-state index in [2.05, 4.69) is 29.1 Å². The van der Waals surface area contributed by atoms with E-state index in [0.717, 1.165) is 35.4 Å². The highest BCUT2D eigenvalue weighted by Gasteiger charge is 2.76. The lowest BCUT2D eigenvalue weighted by molar-refractivity contribution is -0.139. The van der Waals surface area contributed by atoms with Crippen LogP contribution in [0.4, 0.5) is 11.4 Å². The van der Waals surface area contributed by atoms with Crippen molar-refractivity contribution in [1.82, 2.24) is 4.90 Å². The Hall–Kier alpha value is -3.08. The highest BCUT2D eigenvalue weighted by Crippen LogP contribution is 2.68. The quantitative estimate of drug-likeness (QED) is 0.121. The standard InChI is InChI=1S/C38H48BrN3O5S/c1-6-20-40(27-16-18-28(19-17-27)47-8-3)35(44)30-31-36(45)42(22-11-9-10-12-23-43)34(38(31)24-29(39)33(30)48-38)37(46)41(21-7-2)32-25(4)14-13-15-26(32)5/h6-7,13-19,29-31,33-34,43H,1-2,8-12,20-24H2,3-5H3/t29?,30-,31-,33-,34?,38?/m0/s1. The molecule has 2 aromatic carbocycles. The number of aryl methyl sites for hydroxylation is 2. The summed E-state index contributed by atoms with van der Waals surface area (Å²) in [5.74, 6) is -0.914. The van der Waals surface area contributed by atoms with Crippen LogP contribution in [-0.2, 0) is 14.4 Å². The zero-order chi connectivity index (χ0) is 34.6. The molecule has 0 aromatic heterocycles. The van der Waals surface area contributed by atoms with Crippen LogP contribution in [0.1, 0.15) is 50.2 Å². The maximum absolute atomic E-state index is 15.1. The third-order valence-corrected chi connectivity index (χ3v) is 13.2. The zero-order valence-electron chi connectivity index (χ0n) is 28.3. The van der Waals surface area contributed by atoms with Gasteiger partial charge >= 0.3 is 0 Å². The fourth-order valence-corrected chi connectivity index (χ4v) is 11.6. The van der Waals surface area contributed by atoms with Crippen LogP contribution in [0.25, 0.3) is 0 Å². The SMILES string of the molecule is C=CCN(C(=O)[C@H]1[C@H]2C(=O)N(CCCCCCO)C(C(=O)N(CC=C)c3c(C)cccc3C)C23CC(Br)[C@@H]1S3)c1ccc(OCC)cc1. The van der Waals surface area contributed by atoms with Crippen molar-refractivity contribution in [3.8, 4) is 5.75 Å². The molecule has 5 rings (SSSR count). The van der Waals surface area contributed by atoms with Gasteiger partial charge in [0.2, 0.25) is 11.8 Å². The summed E-state index contributed by atoms with van der Waals surface area (Å²) in [5, 5.41) is 9.14. The number of aliphatic hydroxyl groups is 1. The molecule has 1 spiro atoms. The van der Waals surface area contributed by atoms with E-state index >= 15 is 4.79 Å². The lowest BCUT2D eigenvalue weighted by Gasteiger charge is -2.39. The highest BCUT2D eigenvalue weighted by atomic mass is 79.9. The summed E-state index contributed by atoms with van der Waals surface area (Å²) in [6.07, 6.45) is 7.14. The molecule has 10 heteroatoms. The Labute approximate surface area is 297 Å². The van der Waals surface area contributed by atoms with Gasteiger partial charge in [0, 0.05) is 47.7 Å². The summed E-state index contributed by atoms with van der Waals surface area (Å²) in [7, 11) is 0. The Balaban J connectivity index is 1.56. The number of rotatable bonds is 16. The van der Waals surface area contributed by atoms with E-state index in [0.29, 0.717) is 44.6 Å². The van der Waals surface area contributed by atoms with Gasteiger partial charge in [-0.05, 0) is 75.4 Å². The number of halogens is 1. The number of carbonyl (C=O) groups excluding carboxylic acids is 3. The molecular formula is C38H48BrN3O5S. The zero-order valence-corrected chi connectivity index (χ0v) is 30.7. The van der Waals surface area contributed by atoms with Gasteiger partial charge in [0.05, 0.1) is 23.2 Å². The number of carbonyl (C=O) groups is 3. The monoisotopic (exact) mass is 737 g/mol. The van der Waals surface area contributed by atoms with Crippen molar-refractivity contribution in [2.24, 2.45) is 11.8 Å². The van der Waals surface area contributed by atoms with Crippen molar-refractivity contribution in [2.75, 3.05) is 42.6 Å². The van der Waals surface area contributed by atoms with Crippen LogP contribution < -0.4 is 14.5 Å². The Morgan fingerprint density at radius 2 is 1.67 bits per heavy atom. The maximum atomic E-state index is 15.1. The van der Waals surface area contributed by atoms with E-state index in [4.69, 9.17) is 4.74 Å². The van der Waals surface area contributed by atoms with E-state index in [9.17, 15) is 14.7 Å². The third kappa shape index (κ3) is 6.60. The highest BCUT2D eigenvalue weighted by molar-refractivity contribution is 9.09. The Morgan fingerprint density at radius 1 is 1.02 bits per heavy atom. The van der Waals surface area contributed by atoms with Crippen molar-refractivity contribution in [3.63, 3.8) is 0 Å². The van der Waals surface area contributed by atoms with E-state index in [-0.39, 0.29) is 41.0 Å². The number of ether oxygens (including phenoxy) is 1. The minimum atomic E-state index is -0.771. The molecule has 3 amide bonds. The number of thioether (sulfide) groups is 1. The molecule has 8 nitrogen and oxygen atoms in total. The molecule has 3 aliphatic rings. The molecule has 258 valence electrons. The number of fused-ring (bicyclic) bond motifs is 1. The molecule has 48 heavy (non-hydrogen) atoms. The topological polar surface area (TPSA) is 90.4 Å². The van der Waals surface area contributed by atoms with Gasteiger partial charge in [-0.3, -0.25) is 14.4 Å². The second kappa shape index (κ2) is 15.6. The summed E-state index contributed by atoms with van der Waals surface area (Å²) in [5.41, 5.74) is 3.50. The number of aliphatic hydroxyl groups excluding tert-OH is 1. The van der Waals surface area contributed by atoms with Crippen molar-refractivity contribution in [2.45, 2.75) is 73.7 Å². The molecule has 3 saturated heterocycles. The molecule has 3 heterocycles. The van der Waals surface area contributed by atoms with Gasteiger partial charge in [-0.1, -0.05) is 59.1 Å². The average Bonchev–Trinajstić information content (AvgIpc) is 3.66. The van der Waals surface area contributed by atoms with Gasteiger partial charge in [-0.2, -0.15) is 0 Å². The second-order valence-electron chi connectivity index (χ2n) is 13.0. The first-order valence-corrected chi connectivity index (χ1v) is 18.8. The van der Waals surface area contributed by atoms with E-state index < -0.39 is 22.6 Å². The summed E-state index contributed by atoms with van der Waals surface area (Å²) in [6.45, 7) is 15.5. The number of unbranched alkanes of at least 4 members (excludes halogenated alkanes) is 3. The predicted octanol–water partition coefficient (Wildman–Crippen LogP) is 6.46. The third-order valence-electron chi connectivity index (χ3n) is 9.94. The maximum Gasteiger partial charge on any atom is 0.251 e. The van der Waals surface area contributed by atoms with Gasteiger partial charge in [0.1, 0.15) is 11.8 Å². The van der Waals surface area contributed by atoms with Crippen LogP contribution in [-0.4, -0.2) is 81.4 Å². The number of alkyl halides is 1. The van der Waals surface area contributed by atoms with Crippen LogP contribution >= 0.6 is 27.7 Å². The van der Waals surface area contributed by atoms with Crippen molar-refractivity contribution in [3.05, 3.63) is 78.9 Å². The number of likely N-dealkylation sites (tertiary alicyclic amines) is 1. The molecule has 3 fully saturated rings. The van der Waals surface area contributed by atoms with Gasteiger partial charge in [0.25, 0.3) is 5.91 Å². The summed E-state index contributed by atoms with van der Waals surface area (Å²) in [6, 6.07) is 12.7. The molecule has 0 aliphatic carbocycles. The molecule has 3 unspecified atom stereocenters. The van der Waals surface area contributed by atoms with Crippen LogP contribution in [0.2, 0.25) is 0 Å². The molecule has 0 saturated carbocycles. The van der Waals surface area contributed by atoms with Gasteiger partial charge < -0.3 is 24.5 Å². The minimum Gasteiger partial charge on any atom is -0.494 e. The largest absolute Gasteiger partial charge is 0.494 e. The molecule has 3 aliphatic heterocycles. The Bertz CT molecular complexity index is 1500. The first-order chi connectivity index (χ1) is 23.1. The van der Waals surface area contributed by atoms with Crippen LogP contribution in [0, 0.1) is 25.7 Å². The number of hydrogen-bond donors (Lipinski definition) is 1. The van der Waals surface area contributed by atoms with Crippen molar-refractivity contribution in [1.29, 1.82) is 0 Å². The van der Waals surface area contributed by atoms with Gasteiger partial charge in [-0.25, -0.2) is 0 Å². The second-order valence-corrected chi connectivity index (χ2v) is 15.7. The number of nitrogens with zero attached hydrogens (tertiary/aromatic N) is 3.